The van der Waals surface area contributed by atoms with E-state index in [9.17, 15) is 9.18 Å². The fourth-order valence-corrected chi connectivity index (χ4v) is 2.58. The van der Waals surface area contributed by atoms with Crippen LogP contribution in [-0.2, 0) is 6.61 Å². The summed E-state index contributed by atoms with van der Waals surface area (Å²) in [4.78, 5) is 12.2. The average Bonchev–Trinajstić information content (AvgIpc) is 2.78. The largest absolute Gasteiger partial charge is 0.494 e. The maximum atomic E-state index is 13.0. The van der Waals surface area contributed by atoms with Crippen molar-refractivity contribution in [2.24, 2.45) is 5.10 Å². The standard InChI is InChI=1S/C24H23FN2O3/c1-2-14-29-22-12-8-20(9-13-22)24(28)27-26-16-19-4-3-5-23(15-19)30-17-18-6-10-21(25)11-7-18/h3-13,15-16H,2,14,17H2,1H3,(H,27,28)/b26-16-. The van der Waals surface area contributed by atoms with Crippen LogP contribution in [0.15, 0.2) is 77.9 Å². The molecule has 0 aliphatic carbocycles. The van der Waals surface area contributed by atoms with Crippen LogP contribution in [0, 0.1) is 5.82 Å². The fraction of sp³-hybridized carbons (Fsp3) is 0.167. The molecule has 30 heavy (non-hydrogen) atoms. The van der Waals surface area contributed by atoms with Gasteiger partial charge >= 0.3 is 0 Å². The number of hydrogen-bond donors (Lipinski definition) is 1. The number of hydrazone groups is 1. The third kappa shape index (κ3) is 6.44. The van der Waals surface area contributed by atoms with Crippen LogP contribution in [0.2, 0.25) is 0 Å². The van der Waals surface area contributed by atoms with Crippen molar-refractivity contribution in [2.75, 3.05) is 6.61 Å². The third-order valence-corrected chi connectivity index (χ3v) is 4.15. The van der Waals surface area contributed by atoms with E-state index in [1.54, 1.807) is 48.7 Å². The Balaban J connectivity index is 1.52. The molecule has 0 radical (unpaired) electrons. The van der Waals surface area contributed by atoms with Gasteiger partial charge in [-0.3, -0.25) is 4.79 Å². The Labute approximate surface area is 175 Å². The number of halogens is 1. The molecular weight excluding hydrogens is 383 g/mol. The molecule has 0 spiro atoms. The molecule has 3 aromatic rings. The second-order valence-corrected chi connectivity index (χ2v) is 6.56. The zero-order valence-corrected chi connectivity index (χ0v) is 16.7. The van der Waals surface area contributed by atoms with Crippen molar-refractivity contribution in [1.82, 2.24) is 5.43 Å². The molecule has 0 aliphatic heterocycles. The number of nitrogens with zero attached hydrogens (tertiary/aromatic N) is 1. The van der Waals surface area contributed by atoms with E-state index in [-0.39, 0.29) is 11.7 Å². The molecule has 5 nitrogen and oxygen atoms in total. The minimum atomic E-state index is -0.308. The average molecular weight is 406 g/mol. The van der Waals surface area contributed by atoms with Gasteiger partial charge in [-0.1, -0.05) is 31.2 Å². The molecular formula is C24H23FN2O3. The van der Waals surface area contributed by atoms with Gasteiger partial charge < -0.3 is 9.47 Å². The quantitative estimate of drug-likeness (QED) is 0.404. The summed E-state index contributed by atoms with van der Waals surface area (Å²) < 4.78 is 24.2. The number of carbonyl (C=O) groups excluding carboxylic acids is 1. The Morgan fingerprint density at radius 3 is 2.50 bits per heavy atom. The van der Waals surface area contributed by atoms with Crippen molar-refractivity contribution < 1.29 is 18.7 Å². The Morgan fingerprint density at radius 2 is 1.77 bits per heavy atom. The molecule has 0 saturated carbocycles. The number of ether oxygens (including phenoxy) is 2. The van der Waals surface area contributed by atoms with E-state index in [2.05, 4.69) is 10.5 Å². The van der Waals surface area contributed by atoms with Gasteiger partial charge in [0.25, 0.3) is 5.91 Å². The number of hydrogen-bond acceptors (Lipinski definition) is 4. The Bertz CT molecular complexity index is 986. The van der Waals surface area contributed by atoms with Crippen molar-refractivity contribution in [3.05, 3.63) is 95.3 Å². The molecule has 0 fully saturated rings. The summed E-state index contributed by atoms with van der Waals surface area (Å²) in [5, 5.41) is 4.01. The first-order valence-electron chi connectivity index (χ1n) is 9.67. The summed E-state index contributed by atoms with van der Waals surface area (Å²) in [6.45, 7) is 3.01. The lowest BCUT2D eigenvalue weighted by atomic mass is 10.2. The lowest BCUT2D eigenvalue weighted by Gasteiger charge is -2.07. The van der Waals surface area contributed by atoms with Crippen LogP contribution in [0.3, 0.4) is 0 Å². The van der Waals surface area contributed by atoms with Crippen LogP contribution < -0.4 is 14.9 Å². The van der Waals surface area contributed by atoms with Gasteiger partial charge in [0.05, 0.1) is 12.8 Å². The van der Waals surface area contributed by atoms with Gasteiger partial charge in [-0.05, 0) is 66.1 Å². The monoisotopic (exact) mass is 406 g/mol. The highest BCUT2D eigenvalue weighted by Crippen LogP contribution is 2.15. The lowest BCUT2D eigenvalue weighted by molar-refractivity contribution is 0.0955. The molecule has 0 heterocycles. The fourth-order valence-electron chi connectivity index (χ4n) is 2.58. The molecule has 0 atom stereocenters. The summed E-state index contributed by atoms with van der Waals surface area (Å²) in [6, 6.07) is 20.4. The predicted octanol–water partition coefficient (Wildman–Crippen LogP) is 4.96. The van der Waals surface area contributed by atoms with Crippen molar-refractivity contribution in [3.8, 4) is 11.5 Å². The molecule has 154 valence electrons. The minimum absolute atomic E-state index is 0.278. The van der Waals surface area contributed by atoms with Crippen molar-refractivity contribution in [3.63, 3.8) is 0 Å². The van der Waals surface area contributed by atoms with Crippen LogP contribution in [0.4, 0.5) is 4.39 Å². The highest BCUT2D eigenvalue weighted by Gasteiger charge is 2.04. The van der Waals surface area contributed by atoms with E-state index in [1.165, 1.54) is 12.1 Å². The second-order valence-electron chi connectivity index (χ2n) is 6.56. The Kier molecular flexibility index (Phi) is 7.55. The Hall–Kier alpha value is -3.67. The van der Waals surface area contributed by atoms with Crippen molar-refractivity contribution >= 4 is 12.1 Å². The molecule has 0 saturated heterocycles. The SMILES string of the molecule is CCCOc1ccc(C(=O)N/N=C\c2cccc(OCc3ccc(F)cc3)c2)cc1. The van der Waals surface area contributed by atoms with E-state index >= 15 is 0 Å². The van der Waals surface area contributed by atoms with Crippen LogP contribution in [-0.4, -0.2) is 18.7 Å². The van der Waals surface area contributed by atoms with E-state index in [0.717, 1.165) is 23.3 Å². The maximum absolute atomic E-state index is 13.0. The molecule has 6 heteroatoms. The van der Waals surface area contributed by atoms with Gasteiger partial charge in [-0.25, -0.2) is 9.82 Å². The molecule has 1 amide bonds. The first kappa shape index (κ1) is 21.0. The zero-order chi connectivity index (χ0) is 21.2. The predicted molar refractivity (Wildman–Crippen MR) is 114 cm³/mol. The number of amides is 1. The highest BCUT2D eigenvalue weighted by atomic mass is 19.1. The first-order valence-corrected chi connectivity index (χ1v) is 9.67. The van der Waals surface area contributed by atoms with Crippen molar-refractivity contribution in [1.29, 1.82) is 0 Å². The first-order chi connectivity index (χ1) is 14.6. The summed E-state index contributed by atoms with van der Waals surface area (Å²) in [6.07, 6.45) is 2.47. The van der Waals surface area contributed by atoms with Crippen LogP contribution >= 0.6 is 0 Å². The third-order valence-electron chi connectivity index (χ3n) is 4.15. The maximum Gasteiger partial charge on any atom is 0.271 e. The van der Waals surface area contributed by atoms with E-state index in [1.807, 2.05) is 25.1 Å². The second kappa shape index (κ2) is 10.8. The minimum Gasteiger partial charge on any atom is -0.494 e. The Morgan fingerprint density at radius 1 is 1.00 bits per heavy atom. The van der Waals surface area contributed by atoms with Crippen LogP contribution in [0.5, 0.6) is 11.5 Å². The molecule has 3 aromatic carbocycles. The lowest BCUT2D eigenvalue weighted by Crippen LogP contribution is -2.17. The van der Waals surface area contributed by atoms with Crippen molar-refractivity contribution in [2.45, 2.75) is 20.0 Å². The van der Waals surface area contributed by atoms with Crippen LogP contribution in [0.25, 0.3) is 0 Å². The van der Waals surface area contributed by atoms with E-state index in [4.69, 9.17) is 9.47 Å². The normalized spacial score (nSPS) is 10.7. The summed E-state index contributed by atoms with van der Waals surface area (Å²) >= 11 is 0. The van der Waals surface area contributed by atoms with Gasteiger partial charge in [0.15, 0.2) is 0 Å². The molecule has 1 N–H and O–H groups in total. The van der Waals surface area contributed by atoms with Crippen LogP contribution in [0.1, 0.15) is 34.8 Å². The summed E-state index contributed by atoms with van der Waals surface area (Å²) in [5.41, 5.74) is 4.64. The molecule has 0 aliphatic rings. The highest BCUT2D eigenvalue weighted by molar-refractivity contribution is 5.95. The van der Waals surface area contributed by atoms with Gasteiger partial charge in [0.1, 0.15) is 23.9 Å². The number of carbonyl (C=O) groups is 1. The number of benzene rings is 3. The van der Waals surface area contributed by atoms with E-state index < -0.39 is 0 Å². The van der Waals surface area contributed by atoms with Gasteiger partial charge in [0.2, 0.25) is 0 Å². The summed E-state index contributed by atoms with van der Waals surface area (Å²) in [5.74, 6) is 0.795. The molecule has 3 rings (SSSR count). The van der Waals surface area contributed by atoms with Gasteiger partial charge in [0, 0.05) is 5.56 Å². The molecule has 0 bridgehead atoms. The van der Waals surface area contributed by atoms with E-state index in [0.29, 0.717) is 24.5 Å². The molecule has 0 aromatic heterocycles. The smallest absolute Gasteiger partial charge is 0.271 e. The summed E-state index contributed by atoms with van der Waals surface area (Å²) in [7, 11) is 0. The molecule has 0 unspecified atom stereocenters. The zero-order valence-electron chi connectivity index (χ0n) is 16.7. The number of rotatable bonds is 9. The topological polar surface area (TPSA) is 59.9 Å². The van der Waals surface area contributed by atoms with Gasteiger partial charge in [-0.15, -0.1) is 0 Å². The number of nitrogens with one attached hydrogen (secondary N) is 1. The van der Waals surface area contributed by atoms with Gasteiger partial charge in [-0.2, -0.15) is 5.10 Å².